The molecule has 6 heteroatoms. The van der Waals surface area contributed by atoms with Crippen LogP contribution < -0.4 is 10.6 Å². The van der Waals surface area contributed by atoms with Gasteiger partial charge in [-0.25, -0.2) is 4.79 Å². The van der Waals surface area contributed by atoms with Gasteiger partial charge in [-0.05, 0) is 18.9 Å². The molecule has 4 amide bonds. The number of carbonyl (C=O) groups excluding carboxylic acids is 3. The van der Waals surface area contributed by atoms with Crippen molar-refractivity contribution >= 4 is 17.8 Å². The van der Waals surface area contributed by atoms with Crippen LogP contribution in [-0.4, -0.2) is 35.8 Å². The lowest BCUT2D eigenvalue weighted by Gasteiger charge is -2.25. The van der Waals surface area contributed by atoms with E-state index >= 15 is 0 Å². The number of nitrogens with one attached hydrogen (secondary N) is 2. The van der Waals surface area contributed by atoms with Crippen LogP contribution in [0.2, 0.25) is 0 Å². The zero-order valence-electron chi connectivity index (χ0n) is 12.2. The molecule has 0 spiro atoms. The van der Waals surface area contributed by atoms with Crippen molar-refractivity contribution in [2.45, 2.75) is 25.8 Å². The average molecular weight is 289 g/mol. The summed E-state index contributed by atoms with van der Waals surface area (Å²) in [5.74, 6) is -0.728. The molecule has 0 saturated carbocycles. The van der Waals surface area contributed by atoms with Gasteiger partial charge in [0.15, 0.2) is 0 Å². The van der Waals surface area contributed by atoms with E-state index in [1.807, 2.05) is 25.1 Å². The highest BCUT2D eigenvalue weighted by Crippen LogP contribution is 2.32. The minimum Gasteiger partial charge on any atom is -0.355 e. The lowest BCUT2D eigenvalue weighted by Crippen LogP contribution is -2.44. The van der Waals surface area contributed by atoms with E-state index in [0.717, 1.165) is 10.5 Å². The smallest absolute Gasteiger partial charge is 0.325 e. The second-order valence-corrected chi connectivity index (χ2v) is 4.90. The molecule has 1 aromatic carbocycles. The third kappa shape index (κ3) is 2.61. The molecule has 0 radical (unpaired) electrons. The largest absolute Gasteiger partial charge is 0.355 e. The van der Waals surface area contributed by atoms with Gasteiger partial charge in [0.1, 0.15) is 12.1 Å². The SMILES string of the molecule is CCNC(=O)CN1C(=O)N[C@](CC)(c2ccccc2)C1=O. The summed E-state index contributed by atoms with van der Waals surface area (Å²) in [5.41, 5.74) is -0.352. The Hall–Kier alpha value is -2.37. The van der Waals surface area contributed by atoms with E-state index in [1.54, 1.807) is 19.1 Å². The van der Waals surface area contributed by atoms with Gasteiger partial charge < -0.3 is 10.6 Å². The first-order chi connectivity index (χ1) is 10.0. The van der Waals surface area contributed by atoms with Gasteiger partial charge in [0.05, 0.1) is 0 Å². The predicted octanol–water partition coefficient (Wildman–Crippen LogP) is 0.980. The Balaban J connectivity index is 2.29. The topological polar surface area (TPSA) is 78.5 Å². The average Bonchev–Trinajstić information content (AvgIpc) is 2.73. The molecule has 0 aliphatic carbocycles. The summed E-state index contributed by atoms with van der Waals surface area (Å²) >= 11 is 0. The van der Waals surface area contributed by atoms with Gasteiger partial charge >= 0.3 is 6.03 Å². The monoisotopic (exact) mass is 289 g/mol. The first-order valence-corrected chi connectivity index (χ1v) is 7.01. The van der Waals surface area contributed by atoms with Gasteiger partial charge in [-0.2, -0.15) is 0 Å². The van der Waals surface area contributed by atoms with E-state index in [9.17, 15) is 14.4 Å². The number of imide groups is 1. The van der Waals surface area contributed by atoms with Crippen LogP contribution in [0.4, 0.5) is 4.79 Å². The van der Waals surface area contributed by atoms with Gasteiger partial charge in [-0.1, -0.05) is 37.3 Å². The molecule has 6 nitrogen and oxygen atoms in total. The van der Waals surface area contributed by atoms with Crippen LogP contribution in [0.15, 0.2) is 30.3 Å². The molecule has 1 aliphatic rings. The Morgan fingerprint density at radius 3 is 2.48 bits per heavy atom. The maximum absolute atomic E-state index is 12.7. The lowest BCUT2D eigenvalue weighted by molar-refractivity contribution is -0.135. The Morgan fingerprint density at radius 2 is 1.90 bits per heavy atom. The molecule has 112 valence electrons. The van der Waals surface area contributed by atoms with E-state index in [2.05, 4.69) is 10.6 Å². The Kier molecular flexibility index (Phi) is 4.26. The van der Waals surface area contributed by atoms with Crippen LogP contribution in [0.25, 0.3) is 0 Å². The molecule has 1 atom stereocenters. The molecule has 1 fully saturated rings. The zero-order chi connectivity index (χ0) is 15.5. The molecule has 2 N–H and O–H groups in total. The molecular weight excluding hydrogens is 270 g/mol. The second kappa shape index (κ2) is 5.95. The number of benzene rings is 1. The molecule has 1 saturated heterocycles. The number of likely N-dealkylation sites (N-methyl/N-ethyl adjacent to an activating group) is 1. The molecular formula is C15H19N3O3. The first-order valence-electron chi connectivity index (χ1n) is 7.01. The fourth-order valence-electron chi connectivity index (χ4n) is 2.53. The standard InChI is InChI=1S/C15H19N3O3/c1-3-15(11-8-6-5-7-9-11)13(20)18(14(21)17-15)10-12(19)16-4-2/h5-9H,3-4,10H2,1-2H3,(H,16,19)(H,17,21)/t15-/m1/s1. The van der Waals surface area contributed by atoms with Crippen LogP contribution in [0.3, 0.4) is 0 Å². The van der Waals surface area contributed by atoms with Crippen LogP contribution >= 0.6 is 0 Å². The number of amides is 4. The fourth-order valence-corrected chi connectivity index (χ4v) is 2.53. The van der Waals surface area contributed by atoms with Crippen molar-refractivity contribution < 1.29 is 14.4 Å². The van der Waals surface area contributed by atoms with Crippen molar-refractivity contribution in [2.75, 3.05) is 13.1 Å². The Bertz CT molecular complexity index is 559. The van der Waals surface area contributed by atoms with E-state index in [4.69, 9.17) is 0 Å². The van der Waals surface area contributed by atoms with Crippen LogP contribution in [0.1, 0.15) is 25.8 Å². The molecule has 0 unspecified atom stereocenters. The van der Waals surface area contributed by atoms with Crippen molar-refractivity contribution in [2.24, 2.45) is 0 Å². The Labute approximate surface area is 123 Å². The number of carbonyl (C=O) groups is 3. The lowest BCUT2D eigenvalue weighted by atomic mass is 9.87. The van der Waals surface area contributed by atoms with E-state index in [0.29, 0.717) is 13.0 Å². The Morgan fingerprint density at radius 1 is 1.24 bits per heavy atom. The quantitative estimate of drug-likeness (QED) is 0.793. The van der Waals surface area contributed by atoms with E-state index in [-0.39, 0.29) is 18.4 Å². The number of nitrogens with zero attached hydrogens (tertiary/aromatic N) is 1. The van der Waals surface area contributed by atoms with Gasteiger partial charge in [-0.3, -0.25) is 14.5 Å². The molecule has 1 aromatic rings. The van der Waals surface area contributed by atoms with Crippen molar-refractivity contribution in [3.63, 3.8) is 0 Å². The minimum atomic E-state index is -1.08. The van der Waals surface area contributed by atoms with Crippen LogP contribution in [-0.2, 0) is 15.1 Å². The third-order valence-electron chi connectivity index (χ3n) is 3.65. The fraction of sp³-hybridized carbons (Fsp3) is 0.400. The van der Waals surface area contributed by atoms with Gasteiger partial charge in [0.2, 0.25) is 5.91 Å². The summed E-state index contributed by atoms with van der Waals surface area (Å²) in [4.78, 5) is 37.4. The van der Waals surface area contributed by atoms with Gasteiger partial charge in [0.25, 0.3) is 5.91 Å². The molecule has 0 bridgehead atoms. The van der Waals surface area contributed by atoms with Gasteiger partial charge in [-0.15, -0.1) is 0 Å². The highest BCUT2D eigenvalue weighted by atomic mass is 16.2. The van der Waals surface area contributed by atoms with Crippen molar-refractivity contribution in [3.8, 4) is 0 Å². The molecule has 1 heterocycles. The number of urea groups is 1. The van der Waals surface area contributed by atoms with E-state index < -0.39 is 11.6 Å². The van der Waals surface area contributed by atoms with Gasteiger partial charge in [0, 0.05) is 6.54 Å². The molecule has 21 heavy (non-hydrogen) atoms. The maximum atomic E-state index is 12.7. The summed E-state index contributed by atoms with van der Waals surface area (Å²) in [6, 6.07) is 8.56. The second-order valence-electron chi connectivity index (χ2n) is 4.90. The van der Waals surface area contributed by atoms with Crippen molar-refractivity contribution in [3.05, 3.63) is 35.9 Å². The summed E-state index contributed by atoms with van der Waals surface area (Å²) in [5, 5.41) is 5.32. The summed E-state index contributed by atoms with van der Waals surface area (Å²) < 4.78 is 0. The third-order valence-corrected chi connectivity index (χ3v) is 3.65. The van der Waals surface area contributed by atoms with E-state index in [1.165, 1.54) is 0 Å². The highest BCUT2D eigenvalue weighted by molar-refractivity contribution is 6.09. The molecule has 1 aliphatic heterocycles. The van der Waals surface area contributed by atoms with Crippen LogP contribution in [0.5, 0.6) is 0 Å². The van der Waals surface area contributed by atoms with Crippen molar-refractivity contribution in [1.29, 1.82) is 0 Å². The predicted molar refractivity (Wildman–Crippen MR) is 77.3 cm³/mol. The summed E-state index contributed by atoms with van der Waals surface area (Å²) in [6.45, 7) is 3.82. The molecule has 2 rings (SSSR count). The highest BCUT2D eigenvalue weighted by Gasteiger charge is 2.51. The summed E-state index contributed by atoms with van der Waals surface area (Å²) in [6.07, 6.45) is 0.424. The van der Waals surface area contributed by atoms with Crippen molar-refractivity contribution in [1.82, 2.24) is 15.5 Å². The molecule has 0 aromatic heterocycles. The normalized spacial score (nSPS) is 21.3. The maximum Gasteiger partial charge on any atom is 0.325 e. The summed E-state index contributed by atoms with van der Waals surface area (Å²) in [7, 11) is 0. The first kappa shape index (κ1) is 15.0. The van der Waals surface area contributed by atoms with Crippen LogP contribution in [0, 0.1) is 0 Å². The minimum absolute atomic E-state index is 0.257. The number of rotatable bonds is 5. The number of hydrogen-bond donors (Lipinski definition) is 2. The zero-order valence-corrected chi connectivity index (χ0v) is 12.2. The number of hydrogen-bond acceptors (Lipinski definition) is 3.